The van der Waals surface area contributed by atoms with Crippen LogP contribution in [0.1, 0.15) is 29.0 Å². The summed E-state index contributed by atoms with van der Waals surface area (Å²) < 4.78 is 5.49. The molecule has 1 heterocycles. The zero-order chi connectivity index (χ0) is 13.0. The van der Waals surface area contributed by atoms with Gasteiger partial charge in [-0.15, -0.1) is 0 Å². The van der Waals surface area contributed by atoms with E-state index in [-0.39, 0.29) is 12.6 Å². The zero-order valence-electron chi connectivity index (χ0n) is 10.7. The maximum absolute atomic E-state index is 9.40. The summed E-state index contributed by atoms with van der Waals surface area (Å²) in [6.45, 7) is 4.37. The molecule has 1 unspecified atom stereocenters. The predicted molar refractivity (Wildman–Crippen MR) is 69.1 cm³/mol. The second-order valence-corrected chi connectivity index (χ2v) is 4.28. The number of aliphatic hydroxyl groups is 1. The van der Waals surface area contributed by atoms with Crippen LogP contribution < -0.4 is 5.32 Å². The first-order chi connectivity index (χ1) is 8.70. The summed E-state index contributed by atoms with van der Waals surface area (Å²) in [7, 11) is 0. The number of hydrogen-bond acceptors (Lipinski definition) is 4. The monoisotopic (exact) mass is 246 g/mol. The van der Waals surface area contributed by atoms with E-state index in [1.807, 2.05) is 44.2 Å². The van der Waals surface area contributed by atoms with Gasteiger partial charge in [-0.1, -0.05) is 30.3 Å². The van der Waals surface area contributed by atoms with Crippen LogP contribution in [-0.4, -0.2) is 16.7 Å². The molecule has 0 amide bonds. The van der Waals surface area contributed by atoms with Crippen LogP contribution in [0.3, 0.4) is 0 Å². The summed E-state index contributed by atoms with van der Waals surface area (Å²) in [5.74, 6) is 1.49. The lowest BCUT2D eigenvalue weighted by Crippen LogP contribution is -2.24. The number of nitrogens with one attached hydrogen (secondary N) is 1. The molecule has 18 heavy (non-hydrogen) atoms. The number of hydrogen-bond donors (Lipinski definition) is 2. The summed E-state index contributed by atoms with van der Waals surface area (Å²) in [6.07, 6.45) is 0. The summed E-state index contributed by atoms with van der Waals surface area (Å²) in [4.78, 5) is 4.30. The predicted octanol–water partition coefficient (Wildman–Crippen LogP) is 2.11. The standard InChI is InChI=1S/C14H18N2O2/c1-10-11(2)18-14(16-10)8-15-13(9-17)12-6-4-3-5-7-12/h3-7,13,15,17H,8-9H2,1-2H3. The lowest BCUT2D eigenvalue weighted by molar-refractivity contribution is 0.240. The van der Waals surface area contributed by atoms with Crippen molar-refractivity contribution < 1.29 is 9.52 Å². The highest BCUT2D eigenvalue weighted by Crippen LogP contribution is 2.13. The molecule has 96 valence electrons. The van der Waals surface area contributed by atoms with Crippen molar-refractivity contribution in [2.24, 2.45) is 0 Å². The Bertz CT molecular complexity index is 474. The largest absolute Gasteiger partial charge is 0.444 e. The van der Waals surface area contributed by atoms with Crippen molar-refractivity contribution in [1.29, 1.82) is 0 Å². The van der Waals surface area contributed by atoms with Crippen molar-refractivity contribution >= 4 is 0 Å². The van der Waals surface area contributed by atoms with E-state index in [2.05, 4.69) is 10.3 Å². The number of nitrogens with zero attached hydrogens (tertiary/aromatic N) is 1. The number of oxazole rings is 1. The molecule has 0 spiro atoms. The molecule has 1 atom stereocenters. The number of aromatic nitrogens is 1. The number of rotatable bonds is 5. The fraction of sp³-hybridized carbons (Fsp3) is 0.357. The normalized spacial score (nSPS) is 12.6. The summed E-state index contributed by atoms with van der Waals surface area (Å²) in [6, 6.07) is 9.75. The number of benzene rings is 1. The molecule has 1 aromatic carbocycles. The molecule has 0 aliphatic rings. The maximum atomic E-state index is 9.40. The van der Waals surface area contributed by atoms with Gasteiger partial charge < -0.3 is 9.52 Å². The third-order valence-electron chi connectivity index (χ3n) is 2.96. The molecule has 4 heteroatoms. The summed E-state index contributed by atoms with van der Waals surface area (Å²) in [5, 5.41) is 12.6. The Morgan fingerprint density at radius 3 is 2.56 bits per heavy atom. The fourth-order valence-electron chi connectivity index (χ4n) is 1.80. The van der Waals surface area contributed by atoms with E-state index in [4.69, 9.17) is 4.42 Å². The Kier molecular flexibility index (Phi) is 4.12. The highest BCUT2D eigenvalue weighted by Gasteiger charge is 2.11. The second-order valence-electron chi connectivity index (χ2n) is 4.28. The minimum Gasteiger partial charge on any atom is -0.444 e. The van der Waals surface area contributed by atoms with Gasteiger partial charge in [-0.3, -0.25) is 5.32 Å². The molecule has 4 nitrogen and oxygen atoms in total. The van der Waals surface area contributed by atoms with Crippen molar-refractivity contribution in [2.75, 3.05) is 6.61 Å². The molecule has 0 saturated heterocycles. The molecule has 2 aromatic rings. The summed E-state index contributed by atoms with van der Waals surface area (Å²) in [5.41, 5.74) is 1.96. The molecule has 0 aliphatic heterocycles. The highest BCUT2D eigenvalue weighted by atomic mass is 16.4. The molecule has 0 saturated carbocycles. The van der Waals surface area contributed by atoms with Gasteiger partial charge in [0.2, 0.25) is 5.89 Å². The van der Waals surface area contributed by atoms with Crippen LogP contribution in [0.2, 0.25) is 0 Å². The van der Waals surface area contributed by atoms with Gasteiger partial charge in [-0.2, -0.15) is 0 Å². The van der Waals surface area contributed by atoms with Gasteiger partial charge in [0.15, 0.2) is 0 Å². The van der Waals surface area contributed by atoms with E-state index in [0.717, 1.165) is 17.0 Å². The maximum Gasteiger partial charge on any atom is 0.208 e. The number of aliphatic hydroxyl groups excluding tert-OH is 1. The molecular weight excluding hydrogens is 228 g/mol. The first-order valence-electron chi connectivity index (χ1n) is 6.03. The molecule has 0 radical (unpaired) electrons. The van der Waals surface area contributed by atoms with E-state index < -0.39 is 0 Å². The van der Waals surface area contributed by atoms with Crippen LogP contribution in [0.15, 0.2) is 34.7 Å². The highest BCUT2D eigenvalue weighted by molar-refractivity contribution is 5.19. The average molecular weight is 246 g/mol. The Hall–Kier alpha value is -1.65. The van der Waals surface area contributed by atoms with Crippen LogP contribution in [0.4, 0.5) is 0 Å². The van der Waals surface area contributed by atoms with Gasteiger partial charge in [-0.05, 0) is 19.4 Å². The Morgan fingerprint density at radius 1 is 1.28 bits per heavy atom. The second kappa shape index (κ2) is 5.80. The van der Waals surface area contributed by atoms with Gasteiger partial charge in [0, 0.05) is 0 Å². The molecule has 0 aliphatic carbocycles. The van der Waals surface area contributed by atoms with Crippen LogP contribution in [0.5, 0.6) is 0 Å². The van der Waals surface area contributed by atoms with Crippen molar-refractivity contribution in [3.8, 4) is 0 Å². The molecule has 0 bridgehead atoms. The van der Waals surface area contributed by atoms with Crippen molar-refractivity contribution in [3.05, 3.63) is 53.2 Å². The van der Waals surface area contributed by atoms with E-state index in [1.54, 1.807) is 0 Å². The number of aryl methyl sites for hydroxylation is 2. The molecular formula is C14H18N2O2. The molecule has 0 fully saturated rings. The average Bonchev–Trinajstić information content (AvgIpc) is 2.71. The van der Waals surface area contributed by atoms with Gasteiger partial charge in [0.1, 0.15) is 5.76 Å². The fourth-order valence-corrected chi connectivity index (χ4v) is 1.80. The topological polar surface area (TPSA) is 58.3 Å². The Morgan fingerprint density at radius 2 is 2.00 bits per heavy atom. The van der Waals surface area contributed by atoms with E-state index in [1.165, 1.54) is 0 Å². The third kappa shape index (κ3) is 2.97. The minimum absolute atomic E-state index is 0.0443. The smallest absolute Gasteiger partial charge is 0.208 e. The van der Waals surface area contributed by atoms with Gasteiger partial charge in [0.05, 0.1) is 24.9 Å². The van der Waals surface area contributed by atoms with Crippen LogP contribution in [0.25, 0.3) is 0 Å². The van der Waals surface area contributed by atoms with Gasteiger partial charge in [0.25, 0.3) is 0 Å². The lowest BCUT2D eigenvalue weighted by Gasteiger charge is -2.15. The molecule has 1 aromatic heterocycles. The van der Waals surface area contributed by atoms with Gasteiger partial charge in [-0.25, -0.2) is 4.98 Å². The third-order valence-corrected chi connectivity index (χ3v) is 2.96. The van der Waals surface area contributed by atoms with Gasteiger partial charge >= 0.3 is 0 Å². The quantitative estimate of drug-likeness (QED) is 0.848. The first-order valence-corrected chi connectivity index (χ1v) is 6.03. The molecule has 2 rings (SSSR count). The van der Waals surface area contributed by atoms with Crippen LogP contribution in [0, 0.1) is 13.8 Å². The Labute approximate surface area is 107 Å². The summed E-state index contributed by atoms with van der Waals surface area (Å²) >= 11 is 0. The van der Waals surface area contributed by atoms with Crippen molar-refractivity contribution in [3.63, 3.8) is 0 Å². The molecule has 2 N–H and O–H groups in total. The first kappa shape index (κ1) is 12.8. The van der Waals surface area contributed by atoms with Crippen molar-refractivity contribution in [1.82, 2.24) is 10.3 Å². The van der Waals surface area contributed by atoms with E-state index in [9.17, 15) is 5.11 Å². The van der Waals surface area contributed by atoms with Crippen molar-refractivity contribution in [2.45, 2.75) is 26.4 Å². The SMILES string of the molecule is Cc1nc(CNC(CO)c2ccccc2)oc1C. The van der Waals surface area contributed by atoms with E-state index >= 15 is 0 Å². The minimum atomic E-state index is -0.0984. The zero-order valence-corrected chi connectivity index (χ0v) is 10.7. The van der Waals surface area contributed by atoms with Crippen LogP contribution >= 0.6 is 0 Å². The Balaban J connectivity index is 1.99. The lowest BCUT2D eigenvalue weighted by atomic mass is 10.1. The van der Waals surface area contributed by atoms with E-state index in [0.29, 0.717) is 12.4 Å². The van der Waals surface area contributed by atoms with Crippen LogP contribution in [-0.2, 0) is 6.54 Å².